The van der Waals surface area contributed by atoms with Crippen LogP contribution >= 0.6 is 0 Å². The van der Waals surface area contributed by atoms with Crippen molar-refractivity contribution in [2.45, 2.75) is 19.6 Å². The molecule has 0 amide bonds. The fraction of sp³-hybridized carbons (Fsp3) is 0.261. The Hall–Kier alpha value is -2.85. The largest absolute Gasteiger partial charge is 0.493 e. The van der Waals surface area contributed by atoms with Crippen LogP contribution in [0.5, 0.6) is 11.5 Å². The Morgan fingerprint density at radius 1 is 0.889 bits per heavy atom. The quantitative estimate of drug-likeness (QED) is 0.633. The Balaban J connectivity index is 1.60. The fourth-order valence-electron chi connectivity index (χ4n) is 3.05. The second-order valence-corrected chi connectivity index (χ2v) is 6.78. The van der Waals surface area contributed by atoms with Crippen molar-refractivity contribution in [3.8, 4) is 11.5 Å². The van der Waals surface area contributed by atoms with Crippen molar-refractivity contribution < 1.29 is 19.4 Å². The molecule has 0 saturated heterocycles. The van der Waals surface area contributed by atoms with Crippen molar-refractivity contribution in [3.05, 3.63) is 89.7 Å². The van der Waals surface area contributed by atoms with Gasteiger partial charge in [-0.25, -0.2) is 4.98 Å². The van der Waals surface area contributed by atoms with Gasteiger partial charge in [0.25, 0.3) is 0 Å². The van der Waals surface area contributed by atoms with Crippen LogP contribution in [-0.4, -0.2) is 20.7 Å². The highest BCUT2D eigenvalue weighted by atomic mass is 16.5. The van der Waals surface area contributed by atoms with Crippen molar-refractivity contribution in [2.24, 2.45) is 0 Å². The van der Waals surface area contributed by atoms with Crippen molar-refractivity contribution in [3.63, 3.8) is 0 Å². The van der Waals surface area contributed by atoms with Crippen LogP contribution in [0.4, 0.5) is 0 Å². The molecule has 0 aliphatic rings. The molecule has 2 aromatic carbocycles. The number of ether oxygens (including phenoxy) is 2. The number of hydrogen-bond donors (Lipinski definition) is 1. The van der Waals surface area contributed by atoms with Gasteiger partial charge >= 0.3 is 0 Å². The topological polar surface area (TPSA) is 37.0 Å². The second-order valence-electron chi connectivity index (χ2n) is 6.78. The molecule has 1 atom stereocenters. The van der Waals surface area contributed by atoms with E-state index in [9.17, 15) is 0 Å². The first-order valence-corrected chi connectivity index (χ1v) is 9.35. The van der Waals surface area contributed by atoms with Crippen LogP contribution in [0.3, 0.4) is 0 Å². The number of hydrogen-bond acceptors (Lipinski definition) is 2. The Kier molecular flexibility index (Phi) is 6.83. The van der Waals surface area contributed by atoms with Crippen molar-refractivity contribution in [2.75, 3.05) is 20.7 Å². The Labute approximate surface area is 161 Å². The Morgan fingerprint density at radius 2 is 1.70 bits per heavy atom. The van der Waals surface area contributed by atoms with E-state index in [1.165, 1.54) is 16.2 Å². The summed E-state index contributed by atoms with van der Waals surface area (Å²) in [4.78, 5) is 4.74. The lowest BCUT2D eigenvalue weighted by molar-refractivity contribution is -0.893. The zero-order valence-electron chi connectivity index (χ0n) is 16.1. The van der Waals surface area contributed by atoms with Gasteiger partial charge in [-0.3, -0.25) is 0 Å². The minimum Gasteiger partial charge on any atom is -0.493 e. The Morgan fingerprint density at radius 3 is 2.44 bits per heavy atom. The molecule has 0 bridgehead atoms. The maximum Gasteiger partial charge on any atom is 0.185 e. The molecular formula is C23H28N2O2+2. The summed E-state index contributed by atoms with van der Waals surface area (Å²) in [6.45, 7) is 2.54. The van der Waals surface area contributed by atoms with E-state index in [1.807, 2.05) is 36.5 Å². The molecule has 0 fully saturated rings. The van der Waals surface area contributed by atoms with E-state index in [-0.39, 0.29) is 0 Å². The van der Waals surface area contributed by atoms with E-state index in [4.69, 9.17) is 9.47 Å². The molecule has 4 heteroatoms. The van der Waals surface area contributed by atoms with E-state index in [1.54, 1.807) is 7.11 Å². The van der Waals surface area contributed by atoms with Gasteiger partial charge in [-0.15, -0.1) is 0 Å². The number of benzene rings is 2. The molecule has 3 rings (SSSR count). The summed E-state index contributed by atoms with van der Waals surface area (Å²) >= 11 is 0. The summed E-state index contributed by atoms with van der Waals surface area (Å²) < 4.78 is 11.5. The summed E-state index contributed by atoms with van der Waals surface area (Å²) in [5, 5.41) is 0. The maximum absolute atomic E-state index is 6.03. The van der Waals surface area contributed by atoms with Gasteiger partial charge in [0.1, 0.15) is 13.2 Å². The SMILES string of the molecule is COc1ccc(C[NH+](C)CCc2cccc[nH+]2)cc1OCc1ccccc1. The van der Waals surface area contributed by atoms with Crippen LogP contribution in [0.25, 0.3) is 0 Å². The van der Waals surface area contributed by atoms with Crippen molar-refractivity contribution in [1.29, 1.82) is 0 Å². The number of aromatic amines is 1. The van der Waals surface area contributed by atoms with Gasteiger partial charge in [0.2, 0.25) is 0 Å². The van der Waals surface area contributed by atoms with E-state index < -0.39 is 0 Å². The number of H-pyrrole nitrogens is 1. The maximum atomic E-state index is 6.03. The molecule has 0 aliphatic heterocycles. The van der Waals surface area contributed by atoms with Crippen LogP contribution in [0, 0.1) is 0 Å². The third-order valence-corrected chi connectivity index (χ3v) is 4.57. The lowest BCUT2D eigenvalue weighted by atomic mass is 10.1. The van der Waals surface area contributed by atoms with Gasteiger partial charge in [-0.2, -0.15) is 0 Å². The lowest BCUT2D eigenvalue weighted by Crippen LogP contribution is -3.07. The molecule has 4 nitrogen and oxygen atoms in total. The number of methoxy groups -OCH3 is 1. The predicted molar refractivity (Wildman–Crippen MR) is 106 cm³/mol. The van der Waals surface area contributed by atoms with Gasteiger partial charge in [-0.1, -0.05) is 36.4 Å². The molecule has 3 aromatic rings. The van der Waals surface area contributed by atoms with E-state index in [0.29, 0.717) is 6.61 Å². The van der Waals surface area contributed by atoms with Crippen LogP contribution in [0.15, 0.2) is 72.9 Å². The van der Waals surface area contributed by atoms with Crippen LogP contribution in [0.1, 0.15) is 16.8 Å². The van der Waals surface area contributed by atoms with Gasteiger partial charge < -0.3 is 14.4 Å². The number of nitrogens with one attached hydrogen (secondary N) is 2. The zero-order chi connectivity index (χ0) is 18.9. The highest BCUT2D eigenvalue weighted by Crippen LogP contribution is 2.28. The number of likely N-dealkylation sites (N-methyl/N-ethyl adjacent to an activating group) is 1. The molecular weight excluding hydrogens is 336 g/mol. The number of pyridine rings is 1. The van der Waals surface area contributed by atoms with Gasteiger partial charge in [0, 0.05) is 17.7 Å². The van der Waals surface area contributed by atoms with E-state index in [2.05, 4.69) is 48.4 Å². The summed E-state index contributed by atoms with van der Waals surface area (Å²) in [7, 11) is 3.90. The first kappa shape index (κ1) is 18.9. The molecule has 0 aliphatic carbocycles. The smallest absolute Gasteiger partial charge is 0.185 e. The van der Waals surface area contributed by atoms with Crippen LogP contribution in [0.2, 0.25) is 0 Å². The molecule has 0 saturated carbocycles. The average Bonchev–Trinajstić information content (AvgIpc) is 2.72. The molecule has 1 unspecified atom stereocenters. The molecule has 1 aromatic heterocycles. The monoisotopic (exact) mass is 364 g/mol. The molecule has 1 heterocycles. The third kappa shape index (κ3) is 5.83. The average molecular weight is 364 g/mol. The van der Waals surface area contributed by atoms with Crippen LogP contribution < -0.4 is 19.4 Å². The number of rotatable bonds is 9. The minimum absolute atomic E-state index is 0.535. The first-order valence-electron chi connectivity index (χ1n) is 9.35. The standard InChI is InChI=1S/C23H26N2O2/c1-25(15-13-21-10-6-7-14-24-21)17-20-11-12-22(26-2)23(16-20)27-18-19-8-4-3-5-9-19/h3-12,14,16H,13,15,17-18H2,1-2H3/p+2. The first-order chi connectivity index (χ1) is 13.2. The lowest BCUT2D eigenvalue weighted by Gasteiger charge is -2.16. The van der Waals surface area contributed by atoms with Gasteiger partial charge in [-0.05, 0) is 23.8 Å². The summed E-state index contributed by atoms with van der Waals surface area (Å²) in [6.07, 6.45) is 3.00. The second kappa shape index (κ2) is 9.74. The molecule has 140 valence electrons. The van der Waals surface area contributed by atoms with Crippen molar-refractivity contribution >= 4 is 0 Å². The normalized spacial score (nSPS) is 11.8. The highest BCUT2D eigenvalue weighted by molar-refractivity contribution is 5.42. The molecule has 0 radical (unpaired) electrons. The van der Waals surface area contributed by atoms with Gasteiger partial charge in [0.15, 0.2) is 23.4 Å². The van der Waals surface area contributed by atoms with E-state index in [0.717, 1.165) is 36.6 Å². The van der Waals surface area contributed by atoms with Crippen molar-refractivity contribution in [1.82, 2.24) is 0 Å². The van der Waals surface area contributed by atoms with E-state index >= 15 is 0 Å². The predicted octanol–water partition coefficient (Wildman–Crippen LogP) is 2.35. The number of quaternary nitrogens is 1. The fourth-order valence-corrected chi connectivity index (χ4v) is 3.05. The Bertz CT molecular complexity index is 822. The summed E-state index contributed by atoms with van der Waals surface area (Å²) in [5.74, 6) is 1.56. The third-order valence-electron chi connectivity index (χ3n) is 4.57. The number of aromatic nitrogens is 1. The van der Waals surface area contributed by atoms with Crippen LogP contribution in [-0.2, 0) is 19.6 Å². The minimum atomic E-state index is 0.535. The summed E-state index contributed by atoms with van der Waals surface area (Å²) in [6, 6.07) is 22.6. The summed E-state index contributed by atoms with van der Waals surface area (Å²) in [5.41, 5.74) is 3.65. The zero-order valence-corrected chi connectivity index (χ0v) is 16.1. The molecule has 2 N–H and O–H groups in total. The molecule has 27 heavy (non-hydrogen) atoms. The highest BCUT2D eigenvalue weighted by Gasteiger charge is 2.11. The molecule has 0 spiro atoms. The van der Waals surface area contributed by atoms with Gasteiger partial charge in [0.05, 0.1) is 27.1 Å².